The Bertz CT molecular complexity index is 315. The molecule has 0 amide bonds. The highest BCUT2D eigenvalue weighted by Gasteiger charge is 2.12. The van der Waals surface area contributed by atoms with E-state index in [4.69, 9.17) is 11.6 Å². The number of rotatable bonds is 5. The van der Waals surface area contributed by atoms with Gasteiger partial charge in [-0.1, -0.05) is 35.7 Å². The first-order valence-corrected chi connectivity index (χ1v) is 5.99. The molecule has 15 heavy (non-hydrogen) atoms. The van der Waals surface area contributed by atoms with E-state index >= 15 is 0 Å². The van der Waals surface area contributed by atoms with Crippen molar-refractivity contribution in [1.82, 2.24) is 5.43 Å². The Kier molecular flexibility index (Phi) is 5.08. The third-order valence-electron chi connectivity index (χ3n) is 2.47. The van der Waals surface area contributed by atoms with Crippen LogP contribution < -0.4 is 17.0 Å². The maximum atomic E-state index is 5.92. The van der Waals surface area contributed by atoms with E-state index in [0.717, 1.165) is 35.0 Å². The van der Waals surface area contributed by atoms with Crippen molar-refractivity contribution in [2.75, 3.05) is 5.73 Å². The van der Waals surface area contributed by atoms with Gasteiger partial charge >= 0.3 is 0 Å². The topological polar surface area (TPSA) is 64.1 Å². The highest BCUT2D eigenvalue weighted by molar-refractivity contribution is 9.10. The summed E-state index contributed by atoms with van der Waals surface area (Å²) in [7, 11) is 0. The minimum absolute atomic E-state index is 0.141. The molecule has 0 aliphatic carbocycles. The van der Waals surface area contributed by atoms with Gasteiger partial charge in [0, 0.05) is 16.2 Å². The first-order chi connectivity index (χ1) is 7.19. The minimum atomic E-state index is 0.141. The predicted molar refractivity (Wildman–Crippen MR) is 68.1 cm³/mol. The predicted octanol–water partition coefficient (Wildman–Crippen LogP) is 2.73. The molecule has 0 aromatic heterocycles. The lowest BCUT2D eigenvalue weighted by Crippen LogP contribution is -2.28. The Balaban J connectivity index is 2.85. The number of unbranched alkanes of at least 4 members (excludes halogenated alkanes) is 1. The van der Waals surface area contributed by atoms with Gasteiger partial charge in [-0.05, 0) is 30.2 Å². The van der Waals surface area contributed by atoms with Crippen molar-refractivity contribution in [2.45, 2.75) is 32.2 Å². The summed E-state index contributed by atoms with van der Waals surface area (Å²) in [6, 6.07) is 6.00. The van der Waals surface area contributed by atoms with Gasteiger partial charge in [0.05, 0.1) is 0 Å². The number of nitrogen functional groups attached to an aromatic ring is 1. The van der Waals surface area contributed by atoms with Crippen molar-refractivity contribution >= 4 is 21.6 Å². The maximum absolute atomic E-state index is 5.92. The van der Waals surface area contributed by atoms with Crippen molar-refractivity contribution in [3.05, 3.63) is 28.2 Å². The van der Waals surface area contributed by atoms with Crippen LogP contribution in [0, 0.1) is 0 Å². The van der Waals surface area contributed by atoms with Crippen LogP contribution in [0.15, 0.2) is 22.7 Å². The van der Waals surface area contributed by atoms with Crippen molar-refractivity contribution in [1.29, 1.82) is 0 Å². The molecule has 4 heteroatoms. The van der Waals surface area contributed by atoms with Crippen LogP contribution in [0.5, 0.6) is 0 Å². The molecule has 0 saturated heterocycles. The molecule has 1 aromatic carbocycles. The Morgan fingerprint density at radius 2 is 2.20 bits per heavy atom. The molecule has 0 saturated carbocycles. The van der Waals surface area contributed by atoms with Crippen LogP contribution >= 0.6 is 15.9 Å². The van der Waals surface area contributed by atoms with Gasteiger partial charge in [0.15, 0.2) is 0 Å². The van der Waals surface area contributed by atoms with Gasteiger partial charge in [0.2, 0.25) is 0 Å². The summed E-state index contributed by atoms with van der Waals surface area (Å²) in [5.74, 6) is 5.54. The quantitative estimate of drug-likeness (QED) is 0.438. The molecule has 1 unspecified atom stereocenters. The van der Waals surface area contributed by atoms with Crippen LogP contribution in [0.2, 0.25) is 0 Å². The number of anilines is 1. The Hall–Kier alpha value is -0.580. The normalized spacial score (nSPS) is 12.7. The maximum Gasteiger partial charge on any atom is 0.0480 e. The van der Waals surface area contributed by atoms with Crippen molar-refractivity contribution in [3.8, 4) is 0 Å². The van der Waals surface area contributed by atoms with Gasteiger partial charge in [-0.3, -0.25) is 11.3 Å². The summed E-state index contributed by atoms with van der Waals surface area (Å²) in [6.07, 6.45) is 3.31. The van der Waals surface area contributed by atoms with Crippen molar-refractivity contribution in [2.24, 2.45) is 5.84 Å². The molecule has 84 valence electrons. The van der Waals surface area contributed by atoms with Crippen LogP contribution in [0.4, 0.5) is 5.69 Å². The third-order valence-corrected chi connectivity index (χ3v) is 2.97. The molecular formula is C11H18BrN3. The number of hydrazine groups is 1. The van der Waals surface area contributed by atoms with Crippen LogP contribution in [0.1, 0.15) is 37.8 Å². The Morgan fingerprint density at radius 3 is 2.80 bits per heavy atom. The summed E-state index contributed by atoms with van der Waals surface area (Å²) in [6.45, 7) is 2.16. The monoisotopic (exact) mass is 271 g/mol. The standard InChI is InChI=1S/C11H18BrN3/c1-2-3-4-11(15-14)9-7-8(12)5-6-10(9)13/h5-7,11,15H,2-4,13-14H2,1H3. The molecule has 5 N–H and O–H groups in total. The molecule has 0 radical (unpaired) electrons. The minimum Gasteiger partial charge on any atom is -0.398 e. The molecule has 0 spiro atoms. The fourth-order valence-electron chi connectivity index (χ4n) is 1.58. The second-order valence-electron chi connectivity index (χ2n) is 3.63. The van der Waals surface area contributed by atoms with Gasteiger partial charge in [-0.2, -0.15) is 0 Å². The zero-order valence-corrected chi connectivity index (χ0v) is 10.5. The van der Waals surface area contributed by atoms with Gasteiger partial charge in [-0.25, -0.2) is 0 Å². The second kappa shape index (κ2) is 6.10. The Labute approximate surface area is 99.3 Å². The van der Waals surface area contributed by atoms with E-state index in [9.17, 15) is 0 Å². The van der Waals surface area contributed by atoms with E-state index in [0.29, 0.717) is 0 Å². The van der Waals surface area contributed by atoms with Gasteiger partial charge in [0.1, 0.15) is 0 Å². The molecule has 0 aliphatic heterocycles. The molecule has 0 fully saturated rings. The molecule has 0 bridgehead atoms. The largest absolute Gasteiger partial charge is 0.398 e. The first-order valence-electron chi connectivity index (χ1n) is 5.20. The van der Waals surface area contributed by atoms with E-state index in [2.05, 4.69) is 28.3 Å². The smallest absolute Gasteiger partial charge is 0.0480 e. The zero-order valence-electron chi connectivity index (χ0n) is 8.96. The van der Waals surface area contributed by atoms with Gasteiger partial charge < -0.3 is 5.73 Å². The summed E-state index contributed by atoms with van der Waals surface area (Å²) >= 11 is 3.44. The van der Waals surface area contributed by atoms with E-state index in [1.807, 2.05) is 18.2 Å². The lowest BCUT2D eigenvalue weighted by Gasteiger charge is -2.18. The van der Waals surface area contributed by atoms with Crippen LogP contribution in [-0.2, 0) is 0 Å². The van der Waals surface area contributed by atoms with E-state index in [1.165, 1.54) is 0 Å². The number of halogens is 1. The van der Waals surface area contributed by atoms with Crippen molar-refractivity contribution in [3.63, 3.8) is 0 Å². The van der Waals surface area contributed by atoms with Crippen LogP contribution in [-0.4, -0.2) is 0 Å². The summed E-state index contributed by atoms with van der Waals surface area (Å²) in [4.78, 5) is 0. The third kappa shape index (κ3) is 3.48. The lowest BCUT2D eigenvalue weighted by molar-refractivity contribution is 0.496. The Morgan fingerprint density at radius 1 is 1.47 bits per heavy atom. The van der Waals surface area contributed by atoms with Crippen molar-refractivity contribution < 1.29 is 0 Å². The molecular weight excluding hydrogens is 254 g/mol. The van der Waals surface area contributed by atoms with E-state index in [-0.39, 0.29) is 6.04 Å². The number of hydrogen-bond acceptors (Lipinski definition) is 3. The van der Waals surface area contributed by atoms with E-state index < -0.39 is 0 Å². The van der Waals surface area contributed by atoms with E-state index in [1.54, 1.807) is 0 Å². The first kappa shape index (κ1) is 12.5. The summed E-state index contributed by atoms with van der Waals surface area (Å²) < 4.78 is 1.03. The SMILES string of the molecule is CCCCC(NN)c1cc(Br)ccc1N. The fourth-order valence-corrected chi connectivity index (χ4v) is 1.96. The fraction of sp³-hybridized carbons (Fsp3) is 0.455. The van der Waals surface area contributed by atoms with Gasteiger partial charge in [0.25, 0.3) is 0 Å². The number of nitrogens with two attached hydrogens (primary N) is 2. The van der Waals surface area contributed by atoms with Crippen LogP contribution in [0.25, 0.3) is 0 Å². The number of hydrogen-bond donors (Lipinski definition) is 3. The molecule has 3 nitrogen and oxygen atoms in total. The highest BCUT2D eigenvalue weighted by Crippen LogP contribution is 2.27. The second-order valence-corrected chi connectivity index (χ2v) is 4.55. The molecule has 1 atom stereocenters. The lowest BCUT2D eigenvalue weighted by atomic mass is 10.0. The summed E-state index contributed by atoms with van der Waals surface area (Å²) in [5, 5.41) is 0. The molecule has 0 aliphatic rings. The molecule has 0 heterocycles. The number of benzene rings is 1. The summed E-state index contributed by atoms with van der Waals surface area (Å²) in [5.41, 5.74) is 10.6. The number of nitrogens with one attached hydrogen (secondary N) is 1. The van der Waals surface area contributed by atoms with Crippen LogP contribution in [0.3, 0.4) is 0 Å². The highest BCUT2D eigenvalue weighted by atomic mass is 79.9. The molecule has 1 aromatic rings. The van der Waals surface area contributed by atoms with Gasteiger partial charge in [-0.15, -0.1) is 0 Å². The molecule has 1 rings (SSSR count). The average molecular weight is 272 g/mol. The zero-order chi connectivity index (χ0) is 11.3. The average Bonchev–Trinajstić information content (AvgIpc) is 2.24.